The smallest absolute Gasteiger partial charge is 0.414 e. The van der Waals surface area contributed by atoms with E-state index in [9.17, 15) is 18.8 Å². The zero-order valence-electron chi connectivity index (χ0n) is 16.5. The number of hydrogen-bond donors (Lipinski definition) is 3. The van der Waals surface area contributed by atoms with Gasteiger partial charge >= 0.3 is 12.1 Å². The minimum Gasteiger partial charge on any atom is -0.442 e. The molecule has 4 amide bonds. The lowest BCUT2D eigenvalue weighted by atomic mass is 10.2. The number of carbonyl (C=O) groups is 3. The Morgan fingerprint density at radius 3 is 2.67 bits per heavy atom. The lowest BCUT2D eigenvalue weighted by molar-refractivity contribution is -0.134. The number of aliphatic hydroxyl groups is 1. The Bertz CT molecular complexity index is 805. The number of carbonyl (C=O) groups excluding carboxylic acids is 3. The second-order valence-corrected chi connectivity index (χ2v) is 7.41. The van der Waals surface area contributed by atoms with Gasteiger partial charge in [0.2, 0.25) is 5.91 Å². The highest BCUT2D eigenvalue weighted by atomic mass is 32.2. The molecular formula is C18H24FN5O5S. The number of anilines is 2. The molecule has 0 bridgehead atoms. The van der Waals surface area contributed by atoms with Crippen LogP contribution in [0.25, 0.3) is 0 Å². The van der Waals surface area contributed by atoms with Gasteiger partial charge in [-0.05, 0) is 18.2 Å². The summed E-state index contributed by atoms with van der Waals surface area (Å²) in [5.41, 5.74) is 0.751. The molecule has 2 saturated heterocycles. The first-order valence-electron chi connectivity index (χ1n) is 9.41. The van der Waals surface area contributed by atoms with Crippen molar-refractivity contribution in [3.8, 4) is 0 Å². The van der Waals surface area contributed by atoms with Crippen LogP contribution in [0.5, 0.6) is 0 Å². The Labute approximate surface area is 177 Å². The quantitative estimate of drug-likeness (QED) is 0.547. The number of ether oxygens (including phenoxy) is 1. The number of piperazine rings is 1. The summed E-state index contributed by atoms with van der Waals surface area (Å²) in [4.78, 5) is 39.8. The molecule has 1 atom stereocenters. The standard InChI is InChI=1S/C18H24FN5O5S/c1-30-21-17(27)20-9-13-10-24(18(28)29-13)12-2-3-15(14(19)8-12)22-4-6-23(7-5-22)16(26)11-25/h2-3,8,13,25H,4-7,9-11H2,1H3,(H2,20,21,27)/t13-/m0/s1. The number of benzene rings is 1. The normalized spacial score (nSPS) is 19.0. The first kappa shape index (κ1) is 22.0. The van der Waals surface area contributed by atoms with Crippen LogP contribution in [0.1, 0.15) is 0 Å². The van der Waals surface area contributed by atoms with Crippen molar-refractivity contribution in [1.29, 1.82) is 0 Å². The predicted octanol–water partition coefficient (Wildman–Crippen LogP) is 0.369. The van der Waals surface area contributed by atoms with Crippen molar-refractivity contribution in [3.05, 3.63) is 24.0 Å². The van der Waals surface area contributed by atoms with E-state index in [1.54, 1.807) is 18.4 Å². The van der Waals surface area contributed by atoms with E-state index in [-0.39, 0.29) is 25.0 Å². The van der Waals surface area contributed by atoms with Gasteiger partial charge < -0.3 is 25.0 Å². The number of halogens is 1. The monoisotopic (exact) mass is 441 g/mol. The summed E-state index contributed by atoms with van der Waals surface area (Å²) in [6.07, 6.45) is 0.573. The molecule has 30 heavy (non-hydrogen) atoms. The number of amides is 4. The van der Waals surface area contributed by atoms with Gasteiger partial charge in [0.15, 0.2) is 0 Å². The maximum absolute atomic E-state index is 14.8. The third kappa shape index (κ3) is 5.05. The van der Waals surface area contributed by atoms with Crippen LogP contribution in [0, 0.1) is 5.82 Å². The molecule has 2 aliphatic rings. The molecule has 3 rings (SSSR count). The summed E-state index contributed by atoms with van der Waals surface area (Å²) < 4.78 is 22.5. The molecule has 3 N–H and O–H groups in total. The highest BCUT2D eigenvalue weighted by Crippen LogP contribution is 2.28. The van der Waals surface area contributed by atoms with Crippen molar-refractivity contribution >= 4 is 41.4 Å². The van der Waals surface area contributed by atoms with Gasteiger partial charge in [-0.15, -0.1) is 0 Å². The molecule has 2 aliphatic heterocycles. The fourth-order valence-corrected chi connectivity index (χ4v) is 3.65. The maximum Gasteiger partial charge on any atom is 0.414 e. The van der Waals surface area contributed by atoms with Crippen molar-refractivity contribution in [2.45, 2.75) is 6.10 Å². The molecule has 0 saturated carbocycles. The largest absolute Gasteiger partial charge is 0.442 e. The number of nitrogens with zero attached hydrogens (tertiary/aromatic N) is 3. The number of hydrogen-bond acceptors (Lipinski definition) is 7. The van der Waals surface area contributed by atoms with Crippen molar-refractivity contribution in [2.75, 3.05) is 61.9 Å². The van der Waals surface area contributed by atoms with Crippen molar-refractivity contribution in [3.63, 3.8) is 0 Å². The summed E-state index contributed by atoms with van der Waals surface area (Å²) in [6, 6.07) is 4.13. The molecule has 12 heteroatoms. The Balaban J connectivity index is 1.59. The molecule has 0 aliphatic carbocycles. The van der Waals surface area contributed by atoms with E-state index in [4.69, 9.17) is 9.84 Å². The minimum absolute atomic E-state index is 0.145. The molecule has 1 aromatic carbocycles. The molecule has 2 fully saturated rings. The van der Waals surface area contributed by atoms with Crippen molar-refractivity contribution in [2.24, 2.45) is 0 Å². The molecule has 0 aromatic heterocycles. The van der Waals surface area contributed by atoms with Gasteiger partial charge in [0.1, 0.15) is 18.5 Å². The van der Waals surface area contributed by atoms with Gasteiger partial charge in [-0.3, -0.25) is 14.4 Å². The average Bonchev–Trinajstić information content (AvgIpc) is 3.12. The van der Waals surface area contributed by atoms with Crippen LogP contribution in [-0.4, -0.2) is 86.3 Å². The van der Waals surface area contributed by atoms with E-state index in [0.717, 1.165) is 11.9 Å². The van der Waals surface area contributed by atoms with Crippen LogP contribution in [0.3, 0.4) is 0 Å². The number of nitrogens with one attached hydrogen (secondary N) is 2. The van der Waals surface area contributed by atoms with E-state index in [1.165, 1.54) is 15.9 Å². The van der Waals surface area contributed by atoms with Crippen LogP contribution in [-0.2, 0) is 9.53 Å². The number of rotatable bonds is 6. The van der Waals surface area contributed by atoms with Gasteiger partial charge in [0.25, 0.3) is 0 Å². The first-order chi connectivity index (χ1) is 14.4. The third-order valence-electron chi connectivity index (χ3n) is 4.91. The summed E-state index contributed by atoms with van der Waals surface area (Å²) >= 11 is 1.15. The minimum atomic E-state index is -0.602. The molecule has 1 aromatic rings. The molecule has 0 radical (unpaired) electrons. The van der Waals surface area contributed by atoms with Crippen molar-refractivity contribution < 1.29 is 28.6 Å². The lowest BCUT2D eigenvalue weighted by Crippen LogP contribution is -2.49. The second kappa shape index (κ2) is 9.85. The van der Waals surface area contributed by atoms with Gasteiger partial charge in [0.05, 0.1) is 24.5 Å². The molecule has 0 spiro atoms. The van der Waals surface area contributed by atoms with E-state index in [0.29, 0.717) is 37.6 Å². The van der Waals surface area contributed by atoms with E-state index < -0.39 is 24.6 Å². The highest BCUT2D eigenvalue weighted by molar-refractivity contribution is 7.97. The Hall–Kier alpha value is -2.73. The first-order valence-corrected chi connectivity index (χ1v) is 10.6. The Kier molecular flexibility index (Phi) is 7.21. The molecular weight excluding hydrogens is 417 g/mol. The van der Waals surface area contributed by atoms with Gasteiger partial charge in [-0.2, -0.15) is 0 Å². The zero-order valence-corrected chi connectivity index (χ0v) is 17.3. The van der Waals surface area contributed by atoms with Crippen LogP contribution < -0.4 is 19.8 Å². The fraction of sp³-hybridized carbons (Fsp3) is 0.500. The van der Waals surface area contributed by atoms with Crippen molar-refractivity contribution in [1.82, 2.24) is 14.9 Å². The molecule has 2 heterocycles. The van der Waals surface area contributed by atoms with E-state index in [1.807, 2.05) is 4.90 Å². The topological polar surface area (TPSA) is 114 Å². The average molecular weight is 441 g/mol. The predicted molar refractivity (Wildman–Crippen MR) is 110 cm³/mol. The number of urea groups is 1. The summed E-state index contributed by atoms with van der Waals surface area (Å²) in [5.74, 6) is -0.823. The summed E-state index contributed by atoms with van der Waals surface area (Å²) in [7, 11) is 0. The Morgan fingerprint density at radius 2 is 2.03 bits per heavy atom. The van der Waals surface area contributed by atoms with Crippen LogP contribution in [0.15, 0.2) is 18.2 Å². The van der Waals surface area contributed by atoms with E-state index in [2.05, 4.69) is 10.0 Å². The third-order valence-corrected chi connectivity index (χ3v) is 5.30. The Morgan fingerprint density at radius 1 is 1.30 bits per heavy atom. The van der Waals surface area contributed by atoms with Crippen LogP contribution >= 0.6 is 11.9 Å². The SMILES string of the molecule is CSNC(=O)NC[C@H]1CN(c2ccc(N3CCN(C(=O)CO)CC3)c(F)c2)C(=O)O1. The van der Waals surface area contributed by atoms with E-state index >= 15 is 0 Å². The number of cyclic esters (lactones) is 1. The van der Waals surface area contributed by atoms with Gasteiger partial charge in [0, 0.05) is 32.4 Å². The lowest BCUT2D eigenvalue weighted by Gasteiger charge is -2.36. The zero-order chi connectivity index (χ0) is 21.7. The van der Waals surface area contributed by atoms with Crippen LogP contribution in [0.4, 0.5) is 25.4 Å². The maximum atomic E-state index is 14.8. The highest BCUT2D eigenvalue weighted by Gasteiger charge is 2.33. The summed E-state index contributed by atoms with van der Waals surface area (Å²) in [6.45, 7) is 1.49. The fourth-order valence-electron chi connectivity index (χ4n) is 3.39. The number of aliphatic hydroxyl groups excluding tert-OH is 1. The molecule has 10 nitrogen and oxygen atoms in total. The van der Waals surface area contributed by atoms with Gasteiger partial charge in [-0.1, -0.05) is 11.9 Å². The molecule has 0 unspecified atom stereocenters. The second-order valence-electron chi connectivity index (χ2n) is 6.79. The summed E-state index contributed by atoms with van der Waals surface area (Å²) in [5, 5.41) is 11.5. The van der Waals surface area contributed by atoms with Crippen LogP contribution in [0.2, 0.25) is 0 Å². The molecule has 164 valence electrons. The van der Waals surface area contributed by atoms with Gasteiger partial charge in [-0.25, -0.2) is 14.0 Å².